The molecule has 0 radical (unpaired) electrons. The summed E-state index contributed by atoms with van der Waals surface area (Å²) in [6.07, 6.45) is -0.105. The van der Waals surface area contributed by atoms with Crippen molar-refractivity contribution in [3.05, 3.63) is 29.3 Å². The first-order chi connectivity index (χ1) is 9.82. The van der Waals surface area contributed by atoms with Gasteiger partial charge in [-0.3, -0.25) is 14.4 Å². The second-order valence-corrected chi connectivity index (χ2v) is 5.01. The van der Waals surface area contributed by atoms with Gasteiger partial charge in [-0.15, -0.1) is 0 Å². The lowest BCUT2D eigenvalue weighted by molar-refractivity contribution is -0.121. The maximum Gasteiger partial charge on any atom is 0.299 e. The van der Waals surface area contributed by atoms with Gasteiger partial charge in [0, 0.05) is 19.0 Å². The van der Waals surface area contributed by atoms with Crippen LogP contribution < -0.4 is 10.2 Å². The first-order valence-electron chi connectivity index (χ1n) is 6.46. The molecule has 0 atom stereocenters. The van der Waals surface area contributed by atoms with Gasteiger partial charge >= 0.3 is 0 Å². The maximum atomic E-state index is 13.8. The van der Waals surface area contributed by atoms with Crippen molar-refractivity contribution >= 4 is 23.3 Å². The maximum absolute atomic E-state index is 13.8. The fraction of sp³-hybridized carbons (Fsp3) is 0.357. The highest BCUT2D eigenvalue weighted by molar-refractivity contribution is 6.52. The number of carbonyl (C=O) groups excluding carboxylic acids is 3. The predicted molar refractivity (Wildman–Crippen MR) is 70.9 cm³/mol. The van der Waals surface area contributed by atoms with Crippen molar-refractivity contribution in [1.29, 1.82) is 0 Å². The number of hydrogen-bond acceptors (Lipinski definition) is 3. The van der Waals surface area contributed by atoms with E-state index >= 15 is 0 Å². The standard InChI is InChI=1S/C14H14F2N2O3/c1-7(2)17-10(19)5-6-18-12-9(16)4-3-8(15)11(12)13(20)14(18)21/h3-4,7H,5-6H2,1-2H3,(H,17,19). The number of halogens is 2. The molecule has 1 aromatic rings. The zero-order valence-corrected chi connectivity index (χ0v) is 11.6. The number of nitrogens with zero attached hydrogens (tertiary/aromatic N) is 1. The number of nitrogens with one attached hydrogen (secondary N) is 1. The SMILES string of the molecule is CC(C)NC(=O)CCN1C(=O)C(=O)c2c(F)ccc(F)c21. The Bertz CT molecular complexity index is 629. The van der Waals surface area contributed by atoms with E-state index in [1.54, 1.807) is 13.8 Å². The van der Waals surface area contributed by atoms with E-state index in [1.165, 1.54) is 0 Å². The summed E-state index contributed by atoms with van der Waals surface area (Å²) in [7, 11) is 0. The Kier molecular flexibility index (Phi) is 4.02. The van der Waals surface area contributed by atoms with Gasteiger partial charge in [0.1, 0.15) is 11.6 Å². The van der Waals surface area contributed by atoms with E-state index in [4.69, 9.17) is 0 Å². The molecular weight excluding hydrogens is 282 g/mol. The summed E-state index contributed by atoms with van der Waals surface area (Å²) in [6, 6.07) is 1.57. The highest BCUT2D eigenvalue weighted by Gasteiger charge is 2.40. The molecule has 1 aliphatic heterocycles. The summed E-state index contributed by atoms with van der Waals surface area (Å²) in [5, 5.41) is 2.61. The molecule has 7 heteroatoms. The van der Waals surface area contributed by atoms with Crippen molar-refractivity contribution in [1.82, 2.24) is 5.32 Å². The predicted octanol–water partition coefficient (Wildman–Crippen LogP) is 1.41. The fourth-order valence-corrected chi connectivity index (χ4v) is 2.17. The van der Waals surface area contributed by atoms with E-state index in [9.17, 15) is 23.2 Å². The molecule has 112 valence electrons. The molecule has 1 aliphatic rings. The molecule has 21 heavy (non-hydrogen) atoms. The van der Waals surface area contributed by atoms with Crippen LogP contribution in [0.15, 0.2) is 12.1 Å². The monoisotopic (exact) mass is 296 g/mol. The Morgan fingerprint density at radius 3 is 2.48 bits per heavy atom. The normalized spacial score (nSPS) is 13.9. The van der Waals surface area contributed by atoms with Crippen LogP contribution >= 0.6 is 0 Å². The van der Waals surface area contributed by atoms with E-state index in [1.807, 2.05) is 0 Å². The molecule has 0 saturated carbocycles. The Morgan fingerprint density at radius 2 is 1.86 bits per heavy atom. The third-order valence-electron chi connectivity index (χ3n) is 3.03. The average molecular weight is 296 g/mol. The zero-order chi connectivity index (χ0) is 15.7. The fourth-order valence-electron chi connectivity index (χ4n) is 2.17. The number of rotatable bonds is 4. The van der Waals surface area contributed by atoms with E-state index < -0.39 is 28.9 Å². The number of benzene rings is 1. The van der Waals surface area contributed by atoms with Crippen LogP contribution in [0.5, 0.6) is 0 Å². The largest absolute Gasteiger partial charge is 0.354 e. The summed E-state index contributed by atoms with van der Waals surface area (Å²) in [5.74, 6) is -4.26. The molecule has 0 fully saturated rings. The second kappa shape index (κ2) is 5.59. The minimum Gasteiger partial charge on any atom is -0.354 e. The van der Waals surface area contributed by atoms with Gasteiger partial charge in [0.25, 0.3) is 11.7 Å². The van der Waals surface area contributed by atoms with Crippen molar-refractivity contribution < 1.29 is 23.2 Å². The summed E-state index contributed by atoms with van der Waals surface area (Å²) in [6.45, 7) is 3.36. The van der Waals surface area contributed by atoms with E-state index in [2.05, 4.69) is 5.32 Å². The first-order valence-corrected chi connectivity index (χ1v) is 6.46. The highest BCUT2D eigenvalue weighted by Crippen LogP contribution is 2.33. The smallest absolute Gasteiger partial charge is 0.299 e. The number of fused-ring (bicyclic) bond motifs is 1. The number of Topliss-reactive ketones (excluding diaryl/α,β-unsaturated/α-hetero) is 1. The van der Waals surface area contributed by atoms with E-state index in [0.717, 1.165) is 17.0 Å². The van der Waals surface area contributed by atoms with Crippen LogP contribution in [0.1, 0.15) is 30.6 Å². The topological polar surface area (TPSA) is 66.5 Å². The summed E-state index contributed by atoms with van der Waals surface area (Å²) in [4.78, 5) is 35.9. The molecule has 0 unspecified atom stereocenters. The van der Waals surface area contributed by atoms with E-state index in [-0.39, 0.29) is 30.6 Å². The lowest BCUT2D eigenvalue weighted by Crippen LogP contribution is -2.36. The van der Waals surface area contributed by atoms with Gasteiger partial charge in [-0.1, -0.05) is 0 Å². The van der Waals surface area contributed by atoms with Crippen molar-refractivity contribution in [3.63, 3.8) is 0 Å². The minimum absolute atomic E-state index is 0.0742. The summed E-state index contributed by atoms with van der Waals surface area (Å²) >= 11 is 0. The Labute approximate surface area is 119 Å². The lowest BCUT2D eigenvalue weighted by atomic mass is 10.1. The summed E-state index contributed by atoms with van der Waals surface area (Å²) < 4.78 is 27.4. The van der Waals surface area contributed by atoms with Crippen LogP contribution in [0.4, 0.5) is 14.5 Å². The van der Waals surface area contributed by atoms with Crippen molar-refractivity contribution in [3.8, 4) is 0 Å². The Morgan fingerprint density at radius 1 is 1.24 bits per heavy atom. The van der Waals surface area contributed by atoms with Crippen LogP contribution in [0.25, 0.3) is 0 Å². The average Bonchev–Trinajstić information content (AvgIpc) is 2.65. The number of hydrogen-bond donors (Lipinski definition) is 1. The highest BCUT2D eigenvalue weighted by atomic mass is 19.1. The molecule has 0 aliphatic carbocycles. The minimum atomic E-state index is -1.09. The third kappa shape index (κ3) is 2.76. The molecule has 1 heterocycles. The molecule has 2 amide bonds. The molecule has 0 bridgehead atoms. The van der Waals surface area contributed by atoms with Gasteiger partial charge in [0.05, 0.1) is 11.3 Å². The third-order valence-corrected chi connectivity index (χ3v) is 3.03. The van der Waals surface area contributed by atoms with Crippen molar-refractivity contribution in [2.45, 2.75) is 26.3 Å². The Hall–Kier alpha value is -2.31. The molecule has 0 aromatic heterocycles. The van der Waals surface area contributed by atoms with Gasteiger partial charge in [-0.05, 0) is 26.0 Å². The van der Waals surface area contributed by atoms with Gasteiger partial charge in [0.2, 0.25) is 5.91 Å². The second-order valence-electron chi connectivity index (χ2n) is 5.01. The van der Waals surface area contributed by atoms with Crippen molar-refractivity contribution in [2.75, 3.05) is 11.4 Å². The summed E-state index contributed by atoms with van der Waals surface area (Å²) in [5.41, 5.74) is -0.952. The Balaban J connectivity index is 2.24. The van der Waals surface area contributed by atoms with Crippen molar-refractivity contribution in [2.24, 2.45) is 0 Å². The number of carbonyl (C=O) groups is 3. The van der Waals surface area contributed by atoms with Crippen LogP contribution in [0.2, 0.25) is 0 Å². The van der Waals surface area contributed by atoms with E-state index in [0.29, 0.717) is 0 Å². The van der Waals surface area contributed by atoms with Crippen LogP contribution in [0, 0.1) is 11.6 Å². The zero-order valence-electron chi connectivity index (χ0n) is 11.6. The number of ketones is 1. The first kappa shape index (κ1) is 15.1. The lowest BCUT2D eigenvalue weighted by Gasteiger charge is -2.17. The molecule has 1 aromatic carbocycles. The van der Waals surface area contributed by atoms with Gasteiger partial charge in [0.15, 0.2) is 0 Å². The molecular formula is C14H14F2N2O3. The molecule has 2 rings (SSSR count). The van der Waals surface area contributed by atoms with Crippen LogP contribution in [-0.2, 0) is 9.59 Å². The molecule has 0 spiro atoms. The van der Waals surface area contributed by atoms with Gasteiger partial charge in [-0.2, -0.15) is 0 Å². The molecule has 5 nitrogen and oxygen atoms in total. The van der Waals surface area contributed by atoms with Crippen LogP contribution in [-0.4, -0.2) is 30.2 Å². The quantitative estimate of drug-likeness (QED) is 0.854. The number of amides is 2. The molecule has 1 N–H and O–H groups in total. The number of anilines is 1. The van der Waals surface area contributed by atoms with Gasteiger partial charge in [-0.25, -0.2) is 8.78 Å². The molecule has 0 saturated heterocycles. The van der Waals surface area contributed by atoms with Crippen LogP contribution in [0.3, 0.4) is 0 Å². The van der Waals surface area contributed by atoms with Gasteiger partial charge < -0.3 is 10.2 Å².